The highest BCUT2D eigenvalue weighted by Crippen LogP contribution is 2.28. The number of nitrogens with zero attached hydrogens (tertiary/aromatic N) is 5. The summed E-state index contributed by atoms with van der Waals surface area (Å²) in [6.07, 6.45) is 0. The van der Waals surface area contributed by atoms with Crippen LogP contribution in [0.5, 0.6) is 0 Å². The van der Waals surface area contributed by atoms with E-state index >= 15 is 0 Å². The van der Waals surface area contributed by atoms with Crippen molar-refractivity contribution in [2.45, 2.75) is 20.0 Å². The van der Waals surface area contributed by atoms with Crippen LogP contribution in [0.2, 0.25) is 0 Å². The molecule has 0 saturated carbocycles. The van der Waals surface area contributed by atoms with Crippen LogP contribution in [0.15, 0.2) is 72.8 Å². The molecule has 2 heterocycles. The summed E-state index contributed by atoms with van der Waals surface area (Å²) < 4.78 is 2.04. The fourth-order valence-electron chi connectivity index (χ4n) is 4.08. The molecule has 0 amide bonds. The molecule has 0 radical (unpaired) electrons. The molecule has 0 spiro atoms. The summed E-state index contributed by atoms with van der Waals surface area (Å²) in [7, 11) is 4.14. The Morgan fingerprint density at radius 1 is 0.844 bits per heavy atom. The molecule has 5 rings (SSSR count). The van der Waals surface area contributed by atoms with Crippen LogP contribution in [0, 0.1) is 6.92 Å². The molecule has 0 aliphatic rings. The third kappa shape index (κ3) is 3.81. The second-order valence-electron chi connectivity index (χ2n) is 8.25. The van der Waals surface area contributed by atoms with Gasteiger partial charge in [-0.1, -0.05) is 54.6 Å². The third-order valence-corrected chi connectivity index (χ3v) is 5.52. The summed E-state index contributed by atoms with van der Waals surface area (Å²) in [5.41, 5.74) is 5.27. The highest BCUT2D eigenvalue weighted by Gasteiger charge is 2.16. The van der Waals surface area contributed by atoms with Gasteiger partial charge in [-0.25, -0.2) is 9.97 Å². The number of anilines is 1. The van der Waals surface area contributed by atoms with Crippen molar-refractivity contribution in [1.82, 2.24) is 24.4 Å². The Bertz CT molecular complexity index is 1390. The van der Waals surface area contributed by atoms with Crippen molar-refractivity contribution in [3.05, 3.63) is 89.7 Å². The van der Waals surface area contributed by atoms with E-state index in [1.807, 2.05) is 35.8 Å². The molecule has 0 aliphatic heterocycles. The standard InChI is InChI=1S/C26H26N6/c1-18-28-22-14-7-8-15-23(22)32(18)26-29-24-20(17-31(2)3)12-9-13-21(24)25(30-26)27-16-19-10-5-4-6-11-19/h4-15H,16-17H2,1-3H3,(H,27,29,30). The van der Waals surface area contributed by atoms with E-state index in [1.54, 1.807) is 0 Å². The van der Waals surface area contributed by atoms with E-state index in [2.05, 4.69) is 72.8 Å². The summed E-state index contributed by atoms with van der Waals surface area (Å²) in [5, 5.41) is 4.58. The van der Waals surface area contributed by atoms with Crippen LogP contribution in [0.1, 0.15) is 17.0 Å². The van der Waals surface area contributed by atoms with Gasteiger partial charge in [-0.05, 0) is 50.3 Å². The van der Waals surface area contributed by atoms with Crippen LogP contribution >= 0.6 is 0 Å². The van der Waals surface area contributed by atoms with Crippen molar-refractivity contribution in [2.75, 3.05) is 19.4 Å². The average molecular weight is 423 g/mol. The summed E-state index contributed by atoms with van der Waals surface area (Å²) in [4.78, 5) is 16.9. The minimum atomic E-state index is 0.630. The largest absolute Gasteiger partial charge is 0.365 e. The number of rotatable bonds is 6. The highest BCUT2D eigenvalue weighted by atomic mass is 15.2. The van der Waals surface area contributed by atoms with Gasteiger partial charge in [0.2, 0.25) is 5.95 Å². The lowest BCUT2D eigenvalue weighted by atomic mass is 10.1. The fourth-order valence-corrected chi connectivity index (χ4v) is 4.08. The third-order valence-electron chi connectivity index (χ3n) is 5.52. The second-order valence-corrected chi connectivity index (χ2v) is 8.25. The van der Waals surface area contributed by atoms with E-state index in [-0.39, 0.29) is 0 Å². The van der Waals surface area contributed by atoms with Crippen LogP contribution in [0.3, 0.4) is 0 Å². The Morgan fingerprint density at radius 3 is 2.44 bits per heavy atom. The molecule has 3 aromatic carbocycles. The van der Waals surface area contributed by atoms with Crippen molar-refractivity contribution >= 4 is 27.8 Å². The molecular weight excluding hydrogens is 396 g/mol. The highest BCUT2D eigenvalue weighted by molar-refractivity contribution is 5.92. The molecule has 0 atom stereocenters. The Morgan fingerprint density at radius 2 is 1.62 bits per heavy atom. The van der Waals surface area contributed by atoms with Crippen LogP contribution in [0.25, 0.3) is 27.9 Å². The Hall–Kier alpha value is -3.77. The van der Waals surface area contributed by atoms with Crippen molar-refractivity contribution < 1.29 is 0 Å². The number of nitrogens with one attached hydrogen (secondary N) is 1. The molecule has 6 nitrogen and oxygen atoms in total. The molecule has 160 valence electrons. The number of para-hydroxylation sites is 3. The van der Waals surface area contributed by atoms with Gasteiger partial charge < -0.3 is 10.2 Å². The van der Waals surface area contributed by atoms with Gasteiger partial charge >= 0.3 is 0 Å². The number of hydrogen-bond donors (Lipinski definition) is 1. The lowest BCUT2D eigenvalue weighted by Crippen LogP contribution is -2.13. The van der Waals surface area contributed by atoms with Gasteiger partial charge in [0.25, 0.3) is 0 Å². The second kappa shape index (κ2) is 8.40. The van der Waals surface area contributed by atoms with Gasteiger partial charge in [-0.3, -0.25) is 4.57 Å². The first-order valence-electron chi connectivity index (χ1n) is 10.8. The number of fused-ring (bicyclic) bond motifs is 2. The van der Waals surface area contributed by atoms with Crippen LogP contribution in [0.4, 0.5) is 5.82 Å². The van der Waals surface area contributed by atoms with E-state index in [1.165, 1.54) is 11.1 Å². The summed E-state index contributed by atoms with van der Waals surface area (Å²) in [6.45, 7) is 3.49. The first-order chi connectivity index (χ1) is 15.6. The smallest absolute Gasteiger partial charge is 0.238 e. The van der Waals surface area contributed by atoms with Gasteiger partial charge in [0, 0.05) is 18.5 Å². The number of hydrogen-bond acceptors (Lipinski definition) is 5. The fraction of sp³-hybridized carbons (Fsp3) is 0.192. The van der Waals surface area contributed by atoms with Gasteiger partial charge in [0.05, 0.1) is 16.6 Å². The summed E-state index contributed by atoms with van der Waals surface area (Å²) in [6, 6.07) is 24.8. The first kappa shape index (κ1) is 20.2. The molecule has 0 unspecified atom stereocenters. The zero-order chi connectivity index (χ0) is 22.1. The van der Waals surface area contributed by atoms with Crippen molar-refractivity contribution in [2.24, 2.45) is 0 Å². The summed E-state index contributed by atoms with van der Waals surface area (Å²) in [5.74, 6) is 2.32. The lowest BCUT2D eigenvalue weighted by Gasteiger charge is -2.16. The molecule has 1 N–H and O–H groups in total. The topological polar surface area (TPSA) is 58.9 Å². The predicted octanol–water partition coefficient (Wildman–Crippen LogP) is 4.95. The minimum Gasteiger partial charge on any atom is -0.365 e. The molecular formula is C26H26N6. The zero-order valence-electron chi connectivity index (χ0n) is 18.6. The number of aromatic nitrogens is 4. The summed E-state index contributed by atoms with van der Waals surface area (Å²) >= 11 is 0. The zero-order valence-corrected chi connectivity index (χ0v) is 18.6. The Kier molecular flexibility index (Phi) is 5.29. The number of imidazole rings is 1. The molecule has 5 aromatic rings. The molecule has 0 bridgehead atoms. The van der Waals surface area contributed by atoms with E-state index < -0.39 is 0 Å². The lowest BCUT2D eigenvalue weighted by molar-refractivity contribution is 0.404. The van der Waals surface area contributed by atoms with E-state index in [4.69, 9.17) is 15.0 Å². The van der Waals surface area contributed by atoms with Crippen LogP contribution < -0.4 is 5.32 Å². The molecule has 32 heavy (non-hydrogen) atoms. The quantitative estimate of drug-likeness (QED) is 0.420. The average Bonchev–Trinajstić information content (AvgIpc) is 3.13. The van der Waals surface area contributed by atoms with Crippen molar-refractivity contribution in [1.29, 1.82) is 0 Å². The van der Waals surface area contributed by atoms with Gasteiger partial charge in [0.1, 0.15) is 11.6 Å². The van der Waals surface area contributed by atoms with Crippen molar-refractivity contribution in [3.8, 4) is 5.95 Å². The SMILES string of the molecule is Cc1nc2ccccc2n1-c1nc(NCc2ccccc2)c2cccc(CN(C)C)c2n1. The maximum atomic E-state index is 5.04. The molecule has 6 heteroatoms. The number of aryl methyl sites for hydroxylation is 1. The monoisotopic (exact) mass is 422 g/mol. The molecule has 2 aromatic heterocycles. The Labute approximate surface area is 187 Å². The maximum absolute atomic E-state index is 5.04. The normalized spacial score (nSPS) is 11.5. The maximum Gasteiger partial charge on any atom is 0.238 e. The Balaban J connectivity index is 1.69. The van der Waals surface area contributed by atoms with Crippen LogP contribution in [-0.2, 0) is 13.1 Å². The van der Waals surface area contributed by atoms with E-state index in [0.717, 1.165) is 40.1 Å². The van der Waals surface area contributed by atoms with Crippen LogP contribution in [-0.4, -0.2) is 38.5 Å². The van der Waals surface area contributed by atoms with Gasteiger partial charge in [-0.15, -0.1) is 0 Å². The predicted molar refractivity (Wildman–Crippen MR) is 130 cm³/mol. The molecule has 0 fully saturated rings. The molecule has 0 aliphatic carbocycles. The van der Waals surface area contributed by atoms with Gasteiger partial charge in [0.15, 0.2) is 0 Å². The van der Waals surface area contributed by atoms with E-state index in [0.29, 0.717) is 12.5 Å². The van der Waals surface area contributed by atoms with Gasteiger partial charge in [-0.2, -0.15) is 4.98 Å². The number of benzene rings is 3. The van der Waals surface area contributed by atoms with E-state index in [9.17, 15) is 0 Å². The first-order valence-corrected chi connectivity index (χ1v) is 10.8. The molecule has 0 saturated heterocycles. The van der Waals surface area contributed by atoms with Crippen molar-refractivity contribution in [3.63, 3.8) is 0 Å². The minimum absolute atomic E-state index is 0.630.